The molecule has 0 saturated carbocycles. The molecule has 2 atom stereocenters. The molecule has 1 saturated heterocycles. The van der Waals surface area contributed by atoms with Gasteiger partial charge in [0.2, 0.25) is 0 Å². The lowest BCUT2D eigenvalue weighted by molar-refractivity contribution is 0.483. The number of hydrogen-bond donors (Lipinski definition) is 1. The summed E-state index contributed by atoms with van der Waals surface area (Å²) < 4.78 is 22.8. The van der Waals surface area contributed by atoms with E-state index in [1.165, 1.54) is 11.1 Å². The third-order valence-electron chi connectivity index (χ3n) is 3.37. The van der Waals surface area contributed by atoms with E-state index >= 15 is 0 Å². The predicted molar refractivity (Wildman–Crippen MR) is 69.8 cm³/mol. The summed E-state index contributed by atoms with van der Waals surface area (Å²) in [5.74, 6) is 0.606. The fourth-order valence-electron chi connectivity index (χ4n) is 2.44. The molecule has 1 aliphatic heterocycles. The zero-order valence-electron chi connectivity index (χ0n) is 10.3. The average Bonchev–Trinajstić information content (AvgIpc) is 2.58. The van der Waals surface area contributed by atoms with Gasteiger partial charge in [-0.3, -0.25) is 0 Å². The molecule has 3 nitrogen and oxygen atoms in total. The summed E-state index contributed by atoms with van der Waals surface area (Å²) in [4.78, 5) is 0. The molecule has 2 rings (SSSR count). The van der Waals surface area contributed by atoms with Crippen LogP contribution in [0.1, 0.15) is 30.5 Å². The SMILES string of the molecule is Cc1ccccc1[C@H](C)NC1CCS(=O)(=O)C1. The first-order valence-corrected chi connectivity index (χ1v) is 7.82. The minimum Gasteiger partial charge on any atom is -0.306 e. The predicted octanol–water partition coefficient (Wildman–Crippen LogP) is 1.83. The lowest BCUT2D eigenvalue weighted by Crippen LogP contribution is -2.32. The van der Waals surface area contributed by atoms with E-state index in [1.54, 1.807) is 0 Å². The highest BCUT2D eigenvalue weighted by Gasteiger charge is 2.28. The quantitative estimate of drug-likeness (QED) is 0.894. The Morgan fingerprint density at radius 1 is 1.35 bits per heavy atom. The maximum absolute atomic E-state index is 11.4. The summed E-state index contributed by atoms with van der Waals surface area (Å²) >= 11 is 0. The lowest BCUT2D eigenvalue weighted by Gasteiger charge is -2.20. The van der Waals surface area contributed by atoms with Crippen molar-refractivity contribution in [3.63, 3.8) is 0 Å². The minimum atomic E-state index is -2.80. The molecule has 0 spiro atoms. The highest BCUT2D eigenvalue weighted by atomic mass is 32.2. The third kappa shape index (κ3) is 3.07. The van der Waals surface area contributed by atoms with Crippen molar-refractivity contribution in [1.82, 2.24) is 5.32 Å². The fourth-order valence-corrected chi connectivity index (χ4v) is 4.13. The van der Waals surface area contributed by atoms with E-state index in [0.29, 0.717) is 5.75 Å². The second-order valence-electron chi connectivity index (χ2n) is 4.84. The highest BCUT2D eigenvalue weighted by molar-refractivity contribution is 7.91. The van der Waals surface area contributed by atoms with Gasteiger partial charge in [-0.05, 0) is 31.4 Å². The summed E-state index contributed by atoms with van der Waals surface area (Å²) in [6.45, 7) is 4.17. The van der Waals surface area contributed by atoms with Crippen molar-refractivity contribution in [1.29, 1.82) is 0 Å². The Morgan fingerprint density at radius 3 is 2.65 bits per heavy atom. The zero-order valence-corrected chi connectivity index (χ0v) is 11.1. The molecule has 17 heavy (non-hydrogen) atoms. The monoisotopic (exact) mass is 253 g/mol. The number of aryl methyl sites for hydroxylation is 1. The van der Waals surface area contributed by atoms with Crippen molar-refractivity contribution >= 4 is 9.84 Å². The first kappa shape index (κ1) is 12.6. The van der Waals surface area contributed by atoms with E-state index in [0.717, 1.165) is 6.42 Å². The Bertz CT molecular complexity index is 496. The molecule has 1 unspecified atom stereocenters. The van der Waals surface area contributed by atoms with Crippen LogP contribution < -0.4 is 5.32 Å². The van der Waals surface area contributed by atoms with Gasteiger partial charge in [-0.25, -0.2) is 8.42 Å². The molecular formula is C13H19NO2S. The van der Waals surface area contributed by atoms with E-state index in [2.05, 4.69) is 31.3 Å². The van der Waals surface area contributed by atoms with Crippen molar-refractivity contribution < 1.29 is 8.42 Å². The Morgan fingerprint density at radius 2 is 2.06 bits per heavy atom. The fraction of sp³-hybridized carbons (Fsp3) is 0.538. The first-order valence-electron chi connectivity index (χ1n) is 6.00. The molecule has 1 aromatic rings. The highest BCUT2D eigenvalue weighted by Crippen LogP contribution is 2.20. The summed E-state index contributed by atoms with van der Waals surface area (Å²) in [5.41, 5.74) is 2.49. The van der Waals surface area contributed by atoms with Crippen LogP contribution in [0.25, 0.3) is 0 Å². The topological polar surface area (TPSA) is 46.2 Å². The molecule has 0 amide bonds. The van der Waals surface area contributed by atoms with Crippen molar-refractivity contribution in [2.45, 2.75) is 32.4 Å². The number of benzene rings is 1. The van der Waals surface area contributed by atoms with Crippen molar-refractivity contribution in [3.8, 4) is 0 Å². The van der Waals surface area contributed by atoms with Crippen LogP contribution >= 0.6 is 0 Å². The van der Waals surface area contributed by atoms with Gasteiger partial charge < -0.3 is 5.32 Å². The summed E-state index contributed by atoms with van der Waals surface area (Å²) in [6, 6.07) is 8.52. The number of rotatable bonds is 3. The van der Waals surface area contributed by atoms with E-state index in [1.807, 2.05) is 12.1 Å². The van der Waals surface area contributed by atoms with Crippen LogP contribution in [0.5, 0.6) is 0 Å². The van der Waals surface area contributed by atoms with E-state index < -0.39 is 9.84 Å². The molecule has 1 fully saturated rings. The van der Waals surface area contributed by atoms with Crippen LogP contribution in [0.4, 0.5) is 0 Å². The number of sulfone groups is 1. The Hall–Kier alpha value is -0.870. The zero-order chi connectivity index (χ0) is 12.5. The van der Waals surface area contributed by atoms with Gasteiger partial charge >= 0.3 is 0 Å². The van der Waals surface area contributed by atoms with Gasteiger partial charge in [-0.1, -0.05) is 24.3 Å². The maximum Gasteiger partial charge on any atom is 0.151 e. The number of hydrogen-bond acceptors (Lipinski definition) is 3. The first-order chi connectivity index (χ1) is 7.98. The van der Waals surface area contributed by atoms with Gasteiger partial charge in [0.25, 0.3) is 0 Å². The second-order valence-corrected chi connectivity index (χ2v) is 7.07. The van der Waals surface area contributed by atoms with Crippen molar-refractivity contribution in [2.75, 3.05) is 11.5 Å². The Labute approximate surface area is 103 Å². The van der Waals surface area contributed by atoms with Gasteiger partial charge in [-0.2, -0.15) is 0 Å². The molecule has 1 heterocycles. The molecule has 0 aromatic heterocycles. The van der Waals surface area contributed by atoms with Crippen LogP contribution in [0.15, 0.2) is 24.3 Å². The van der Waals surface area contributed by atoms with Gasteiger partial charge in [0.15, 0.2) is 9.84 Å². The molecule has 0 radical (unpaired) electrons. The van der Waals surface area contributed by atoms with Crippen LogP contribution in [-0.4, -0.2) is 26.0 Å². The molecule has 1 aromatic carbocycles. The van der Waals surface area contributed by atoms with Crippen LogP contribution in [0, 0.1) is 6.92 Å². The van der Waals surface area contributed by atoms with E-state index in [4.69, 9.17) is 0 Å². The molecule has 0 bridgehead atoms. The summed E-state index contributed by atoms with van der Waals surface area (Å²) in [7, 11) is -2.80. The smallest absolute Gasteiger partial charge is 0.151 e. The molecule has 0 aliphatic carbocycles. The second kappa shape index (κ2) is 4.78. The van der Waals surface area contributed by atoms with Gasteiger partial charge in [0.1, 0.15) is 0 Å². The van der Waals surface area contributed by atoms with Crippen LogP contribution in [-0.2, 0) is 9.84 Å². The normalized spacial score (nSPS) is 24.7. The maximum atomic E-state index is 11.4. The summed E-state index contributed by atoms with van der Waals surface area (Å²) in [5, 5.41) is 3.41. The molecule has 4 heteroatoms. The van der Waals surface area contributed by atoms with Crippen LogP contribution in [0.3, 0.4) is 0 Å². The van der Waals surface area contributed by atoms with Crippen molar-refractivity contribution in [3.05, 3.63) is 35.4 Å². The van der Waals surface area contributed by atoms with E-state index in [-0.39, 0.29) is 17.8 Å². The molecule has 1 aliphatic rings. The molecule has 94 valence electrons. The molecular weight excluding hydrogens is 234 g/mol. The van der Waals surface area contributed by atoms with Gasteiger partial charge in [-0.15, -0.1) is 0 Å². The minimum absolute atomic E-state index is 0.106. The standard InChI is InChI=1S/C13H19NO2S/c1-10-5-3-4-6-13(10)11(2)14-12-7-8-17(15,16)9-12/h3-6,11-12,14H,7-9H2,1-2H3/t11-,12?/m0/s1. The largest absolute Gasteiger partial charge is 0.306 e. The van der Waals surface area contributed by atoms with Crippen LogP contribution in [0.2, 0.25) is 0 Å². The number of nitrogens with one attached hydrogen (secondary N) is 1. The van der Waals surface area contributed by atoms with Crippen molar-refractivity contribution in [2.24, 2.45) is 0 Å². The van der Waals surface area contributed by atoms with E-state index in [9.17, 15) is 8.42 Å². The average molecular weight is 253 g/mol. The Kier molecular flexibility index (Phi) is 3.54. The van der Waals surface area contributed by atoms with Gasteiger partial charge in [0.05, 0.1) is 11.5 Å². The van der Waals surface area contributed by atoms with Gasteiger partial charge in [0, 0.05) is 12.1 Å². The third-order valence-corrected chi connectivity index (χ3v) is 5.14. The Balaban J connectivity index is 2.03. The lowest BCUT2D eigenvalue weighted by atomic mass is 10.0. The molecule has 1 N–H and O–H groups in total. The summed E-state index contributed by atoms with van der Waals surface area (Å²) in [6.07, 6.45) is 0.735.